The minimum Gasteiger partial charge on any atom is -0.507 e. The van der Waals surface area contributed by atoms with Gasteiger partial charge in [-0.2, -0.15) is 0 Å². The van der Waals surface area contributed by atoms with Gasteiger partial charge in [-0.15, -0.1) is 0 Å². The van der Waals surface area contributed by atoms with Crippen LogP contribution in [0.3, 0.4) is 0 Å². The number of anilines is 1. The van der Waals surface area contributed by atoms with Gasteiger partial charge in [0.2, 0.25) is 11.7 Å². The third kappa shape index (κ3) is 5.33. The molecule has 2 aromatic carbocycles. The highest BCUT2D eigenvalue weighted by Crippen LogP contribution is 2.24. The number of hydrogen-bond acceptors (Lipinski definition) is 6. The number of amides is 1. The number of aromatic hydroxyl groups is 1. The molecule has 0 bridgehead atoms. The van der Waals surface area contributed by atoms with E-state index < -0.39 is 17.9 Å². The summed E-state index contributed by atoms with van der Waals surface area (Å²) in [6.07, 6.45) is 0.121. The number of hydrogen-bond donors (Lipinski definition) is 2. The molecule has 28 heavy (non-hydrogen) atoms. The first-order valence-corrected chi connectivity index (χ1v) is 8.87. The molecular formula is C21H23NO6. The van der Waals surface area contributed by atoms with E-state index in [1.165, 1.54) is 32.2 Å². The number of phenolic OH excluding ortho intramolecular Hbond substituents is 1. The highest BCUT2D eigenvalue weighted by molar-refractivity contribution is 6.02. The van der Waals surface area contributed by atoms with Crippen molar-refractivity contribution in [2.24, 2.45) is 0 Å². The van der Waals surface area contributed by atoms with Gasteiger partial charge in [0.1, 0.15) is 17.1 Å². The molecule has 0 unspecified atom stereocenters. The fourth-order valence-electron chi connectivity index (χ4n) is 2.49. The predicted octanol–water partition coefficient (Wildman–Crippen LogP) is 3.57. The van der Waals surface area contributed by atoms with Crippen LogP contribution >= 0.6 is 0 Å². The van der Waals surface area contributed by atoms with Gasteiger partial charge >= 0.3 is 5.97 Å². The second-order valence-electron chi connectivity index (χ2n) is 6.17. The van der Waals surface area contributed by atoms with Crippen molar-refractivity contribution in [2.45, 2.75) is 32.8 Å². The molecule has 0 aliphatic rings. The largest absolute Gasteiger partial charge is 0.507 e. The van der Waals surface area contributed by atoms with Crippen molar-refractivity contribution < 1.29 is 29.0 Å². The van der Waals surface area contributed by atoms with E-state index in [-0.39, 0.29) is 17.2 Å². The first-order valence-electron chi connectivity index (χ1n) is 8.87. The van der Waals surface area contributed by atoms with Gasteiger partial charge in [0.25, 0.3) is 0 Å². The molecule has 1 amide bonds. The molecule has 148 valence electrons. The average molecular weight is 385 g/mol. The molecule has 1 atom stereocenters. The van der Waals surface area contributed by atoms with Crippen LogP contribution in [-0.4, -0.2) is 36.0 Å². The Bertz CT molecular complexity index is 860. The maximum atomic E-state index is 12.5. The van der Waals surface area contributed by atoms with Gasteiger partial charge < -0.3 is 19.9 Å². The summed E-state index contributed by atoms with van der Waals surface area (Å²) in [5.74, 6) is -1.21. The highest BCUT2D eigenvalue weighted by Gasteiger charge is 2.22. The number of Topliss-reactive ketones (excluding diaryl/α,β-unsaturated/α-hetero) is 1. The number of ether oxygens (including phenoxy) is 2. The van der Waals surface area contributed by atoms with E-state index in [0.717, 1.165) is 6.42 Å². The molecule has 0 fully saturated rings. The summed E-state index contributed by atoms with van der Waals surface area (Å²) in [6, 6.07) is 10.5. The topological polar surface area (TPSA) is 102 Å². The van der Waals surface area contributed by atoms with Crippen molar-refractivity contribution in [3.63, 3.8) is 0 Å². The number of carbonyl (C=O) groups is 3. The van der Waals surface area contributed by atoms with Gasteiger partial charge in [-0.05, 0) is 49.7 Å². The quantitative estimate of drug-likeness (QED) is 0.532. The minimum atomic E-state index is -1.05. The lowest BCUT2D eigenvalue weighted by Gasteiger charge is -2.14. The van der Waals surface area contributed by atoms with E-state index in [4.69, 9.17) is 9.47 Å². The molecule has 2 N–H and O–H groups in total. The van der Waals surface area contributed by atoms with E-state index in [1.54, 1.807) is 24.3 Å². The van der Waals surface area contributed by atoms with Crippen LogP contribution in [0.25, 0.3) is 0 Å². The Morgan fingerprint density at radius 2 is 1.79 bits per heavy atom. The fourth-order valence-corrected chi connectivity index (χ4v) is 2.49. The van der Waals surface area contributed by atoms with Crippen molar-refractivity contribution in [3.8, 4) is 11.5 Å². The number of esters is 1. The third-order valence-electron chi connectivity index (χ3n) is 4.01. The Hall–Kier alpha value is -3.35. The van der Waals surface area contributed by atoms with Gasteiger partial charge in [-0.25, -0.2) is 4.79 Å². The van der Waals surface area contributed by atoms with Crippen LogP contribution in [0.1, 0.15) is 47.4 Å². The van der Waals surface area contributed by atoms with Crippen molar-refractivity contribution in [3.05, 3.63) is 53.6 Å². The Kier molecular flexibility index (Phi) is 7.14. The lowest BCUT2D eigenvalue weighted by atomic mass is 10.1. The normalized spacial score (nSPS) is 11.4. The SMILES string of the molecule is CCCC(=O)Nc1ccc(C(=O)[C@H](C)OC(=O)c2ccc(OC)cc2O)cc1. The molecule has 7 nitrogen and oxygen atoms in total. The third-order valence-corrected chi connectivity index (χ3v) is 4.01. The second-order valence-corrected chi connectivity index (χ2v) is 6.17. The number of methoxy groups -OCH3 is 1. The van der Waals surface area contributed by atoms with Gasteiger partial charge in [-0.1, -0.05) is 6.92 Å². The minimum absolute atomic E-state index is 0.0607. The Balaban J connectivity index is 2.02. The van der Waals surface area contributed by atoms with Crippen LogP contribution in [0.2, 0.25) is 0 Å². The fraction of sp³-hybridized carbons (Fsp3) is 0.286. The number of phenols is 1. The Morgan fingerprint density at radius 3 is 2.36 bits per heavy atom. The standard InChI is InChI=1S/C21H23NO6/c1-4-5-19(24)22-15-8-6-14(7-9-15)20(25)13(2)28-21(26)17-11-10-16(27-3)12-18(17)23/h6-13,23H,4-5H2,1-3H3,(H,22,24)/t13-/m0/s1. The van der Waals surface area contributed by atoms with Crippen LogP contribution < -0.4 is 10.1 Å². The molecule has 0 saturated carbocycles. The number of ketones is 1. The van der Waals surface area contributed by atoms with E-state index in [9.17, 15) is 19.5 Å². The summed E-state index contributed by atoms with van der Waals surface area (Å²) >= 11 is 0. The van der Waals surface area contributed by atoms with Gasteiger partial charge in [0, 0.05) is 23.7 Å². The monoisotopic (exact) mass is 385 g/mol. The summed E-state index contributed by atoms with van der Waals surface area (Å²) in [7, 11) is 1.44. The molecule has 0 radical (unpaired) electrons. The van der Waals surface area contributed by atoms with Crippen LogP contribution in [-0.2, 0) is 9.53 Å². The molecule has 0 aliphatic heterocycles. The highest BCUT2D eigenvalue weighted by atomic mass is 16.5. The molecule has 0 heterocycles. The number of rotatable bonds is 8. The molecule has 0 aliphatic carbocycles. The molecule has 0 aromatic heterocycles. The van der Waals surface area contributed by atoms with E-state index in [1.807, 2.05) is 6.92 Å². The second kappa shape index (κ2) is 9.55. The summed E-state index contributed by atoms with van der Waals surface area (Å²) < 4.78 is 10.1. The lowest BCUT2D eigenvalue weighted by Crippen LogP contribution is -2.24. The lowest BCUT2D eigenvalue weighted by molar-refractivity contribution is -0.116. The number of benzene rings is 2. The van der Waals surface area contributed by atoms with Crippen LogP contribution in [0.15, 0.2) is 42.5 Å². The van der Waals surface area contributed by atoms with Crippen LogP contribution in [0.4, 0.5) is 5.69 Å². The zero-order chi connectivity index (χ0) is 20.7. The van der Waals surface area contributed by atoms with Gasteiger partial charge in [-0.3, -0.25) is 9.59 Å². The zero-order valence-electron chi connectivity index (χ0n) is 16.0. The summed E-state index contributed by atoms with van der Waals surface area (Å²) in [4.78, 5) is 36.3. The molecule has 2 rings (SSSR count). The van der Waals surface area contributed by atoms with Crippen molar-refractivity contribution in [1.29, 1.82) is 0 Å². The summed E-state index contributed by atoms with van der Waals surface area (Å²) in [6.45, 7) is 3.37. The maximum Gasteiger partial charge on any atom is 0.342 e. The van der Waals surface area contributed by atoms with Crippen LogP contribution in [0, 0.1) is 0 Å². The number of nitrogens with one attached hydrogen (secondary N) is 1. The molecule has 2 aromatic rings. The molecular weight excluding hydrogens is 362 g/mol. The zero-order valence-corrected chi connectivity index (χ0v) is 16.0. The van der Waals surface area contributed by atoms with Crippen molar-refractivity contribution in [2.75, 3.05) is 12.4 Å². The predicted molar refractivity (Wildman–Crippen MR) is 104 cm³/mol. The number of carbonyl (C=O) groups excluding carboxylic acids is 3. The van der Waals surface area contributed by atoms with E-state index >= 15 is 0 Å². The maximum absolute atomic E-state index is 12.5. The first-order chi connectivity index (χ1) is 13.3. The van der Waals surface area contributed by atoms with Gasteiger partial charge in [0.15, 0.2) is 6.10 Å². The van der Waals surface area contributed by atoms with Crippen molar-refractivity contribution in [1.82, 2.24) is 0 Å². The Morgan fingerprint density at radius 1 is 1.11 bits per heavy atom. The summed E-state index contributed by atoms with van der Waals surface area (Å²) in [5, 5.41) is 12.6. The van der Waals surface area contributed by atoms with E-state index in [0.29, 0.717) is 23.4 Å². The molecule has 0 spiro atoms. The van der Waals surface area contributed by atoms with E-state index in [2.05, 4.69) is 5.32 Å². The van der Waals surface area contributed by atoms with Crippen LogP contribution in [0.5, 0.6) is 11.5 Å². The summed E-state index contributed by atoms with van der Waals surface area (Å²) in [5.41, 5.74) is 0.866. The average Bonchev–Trinajstić information content (AvgIpc) is 2.67. The van der Waals surface area contributed by atoms with Gasteiger partial charge in [0.05, 0.1) is 7.11 Å². The molecule has 7 heteroatoms. The smallest absolute Gasteiger partial charge is 0.342 e. The van der Waals surface area contributed by atoms with Crippen molar-refractivity contribution >= 4 is 23.3 Å². The first kappa shape index (κ1) is 21.0. The molecule has 0 saturated heterocycles. The Labute approximate surface area is 163 Å².